The predicted octanol–water partition coefficient (Wildman–Crippen LogP) is 1.42. The summed E-state index contributed by atoms with van der Waals surface area (Å²) in [5.74, 6) is 0. The number of hydrogen-bond donors (Lipinski definition) is 3. The average molecular weight is 291 g/mol. The van der Waals surface area contributed by atoms with E-state index < -0.39 is 0 Å². The Hall–Kier alpha value is -2.15. The first kappa shape index (κ1) is 14.3. The van der Waals surface area contributed by atoms with Gasteiger partial charge in [0.2, 0.25) is 0 Å². The van der Waals surface area contributed by atoms with E-state index in [0.29, 0.717) is 5.52 Å². The number of thiocarbonyl (C=S) groups is 1. The van der Waals surface area contributed by atoms with Gasteiger partial charge in [-0.15, -0.1) is 0 Å². The normalized spacial score (nSPS) is 10.5. The Labute approximate surface area is 122 Å². The SMILES string of the molecule is CCN(CC)c1cc2ncc(=O)[nH]c2cc1NC(N)=S. The molecule has 20 heavy (non-hydrogen) atoms. The summed E-state index contributed by atoms with van der Waals surface area (Å²) in [4.78, 5) is 20.4. The second-order valence-corrected chi connectivity index (χ2v) is 4.74. The molecule has 1 aromatic carbocycles. The van der Waals surface area contributed by atoms with E-state index in [0.717, 1.165) is 30.0 Å². The molecule has 106 valence electrons. The fourth-order valence-electron chi connectivity index (χ4n) is 2.14. The van der Waals surface area contributed by atoms with Gasteiger partial charge in [0, 0.05) is 13.1 Å². The maximum Gasteiger partial charge on any atom is 0.266 e. The molecule has 2 aromatic rings. The van der Waals surface area contributed by atoms with Crippen molar-refractivity contribution in [2.24, 2.45) is 5.73 Å². The van der Waals surface area contributed by atoms with E-state index in [9.17, 15) is 4.79 Å². The van der Waals surface area contributed by atoms with Gasteiger partial charge < -0.3 is 20.9 Å². The van der Waals surface area contributed by atoms with Crippen LogP contribution in [0.1, 0.15) is 13.8 Å². The third-order valence-electron chi connectivity index (χ3n) is 3.05. The number of fused-ring (bicyclic) bond motifs is 1. The lowest BCUT2D eigenvalue weighted by Gasteiger charge is -2.24. The number of anilines is 2. The van der Waals surface area contributed by atoms with Crippen LogP contribution in [0.25, 0.3) is 11.0 Å². The zero-order chi connectivity index (χ0) is 14.7. The van der Waals surface area contributed by atoms with Gasteiger partial charge in [0.05, 0.1) is 28.6 Å². The van der Waals surface area contributed by atoms with Crippen molar-refractivity contribution >= 4 is 39.7 Å². The number of aromatic nitrogens is 2. The molecule has 0 saturated carbocycles. The lowest BCUT2D eigenvalue weighted by molar-refractivity contribution is 0.868. The maximum absolute atomic E-state index is 11.3. The topological polar surface area (TPSA) is 87.0 Å². The lowest BCUT2D eigenvalue weighted by Crippen LogP contribution is -2.26. The average Bonchev–Trinajstić information content (AvgIpc) is 2.40. The Morgan fingerprint density at radius 1 is 1.45 bits per heavy atom. The molecule has 0 radical (unpaired) electrons. The molecule has 0 unspecified atom stereocenters. The van der Waals surface area contributed by atoms with Crippen LogP contribution in [0, 0.1) is 0 Å². The number of nitrogens with zero attached hydrogens (tertiary/aromatic N) is 2. The molecular formula is C13H17N5OS. The van der Waals surface area contributed by atoms with E-state index in [1.165, 1.54) is 6.20 Å². The molecule has 0 fully saturated rings. The summed E-state index contributed by atoms with van der Waals surface area (Å²) in [7, 11) is 0. The molecule has 7 heteroatoms. The van der Waals surface area contributed by atoms with Crippen LogP contribution in [0.4, 0.5) is 11.4 Å². The number of rotatable bonds is 4. The van der Waals surface area contributed by atoms with Crippen molar-refractivity contribution in [3.05, 3.63) is 28.7 Å². The molecule has 0 bridgehead atoms. The van der Waals surface area contributed by atoms with E-state index in [1.54, 1.807) is 6.07 Å². The van der Waals surface area contributed by atoms with E-state index in [1.807, 2.05) is 6.07 Å². The van der Waals surface area contributed by atoms with E-state index in [-0.39, 0.29) is 10.7 Å². The van der Waals surface area contributed by atoms with Gasteiger partial charge in [-0.3, -0.25) is 4.79 Å². The zero-order valence-corrected chi connectivity index (χ0v) is 12.3. The Bertz CT molecular complexity index is 693. The van der Waals surface area contributed by atoms with Crippen LogP contribution in [0.15, 0.2) is 23.1 Å². The summed E-state index contributed by atoms with van der Waals surface area (Å²) in [5, 5.41) is 3.14. The number of nitrogens with one attached hydrogen (secondary N) is 2. The lowest BCUT2D eigenvalue weighted by atomic mass is 10.2. The molecule has 4 N–H and O–H groups in total. The van der Waals surface area contributed by atoms with E-state index in [2.05, 4.69) is 34.0 Å². The van der Waals surface area contributed by atoms with Crippen molar-refractivity contribution in [2.45, 2.75) is 13.8 Å². The monoisotopic (exact) mass is 291 g/mol. The van der Waals surface area contributed by atoms with Crippen LogP contribution in [-0.4, -0.2) is 28.2 Å². The highest BCUT2D eigenvalue weighted by atomic mass is 32.1. The van der Waals surface area contributed by atoms with Crippen LogP contribution in [0.5, 0.6) is 0 Å². The Morgan fingerprint density at radius 3 is 2.75 bits per heavy atom. The number of aromatic amines is 1. The molecule has 0 saturated heterocycles. The summed E-state index contributed by atoms with van der Waals surface area (Å²) in [6.07, 6.45) is 1.27. The van der Waals surface area contributed by atoms with Crippen molar-refractivity contribution in [2.75, 3.05) is 23.3 Å². The van der Waals surface area contributed by atoms with Gasteiger partial charge in [0.25, 0.3) is 5.56 Å². The highest BCUT2D eigenvalue weighted by molar-refractivity contribution is 7.80. The highest BCUT2D eigenvalue weighted by Crippen LogP contribution is 2.29. The second-order valence-electron chi connectivity index (χ2n) is 4.30. The summed E-state index contributed by atoms with van der Waals surface area (Å²) < 4.78 is 0. The van der Waals surface area contributed by atoms with Gasteiger partial charge in [0.15, 0.2) is 5.11 Å². The summed E-state index contributed by atoms with van der Waals surface area (Å²) in [6, 6.07) is 3.72. The fraction of sp³-hybridized carbons (Fsp3) is 0.308. The molecule has 0 aliphatic rings. The van der Waals surface area contributed by atoms with Gasteiger partial charge >= 0.3 is 0 Å². The zero-order valence-electron chi connectivity index (χ0n) is 11.4. The Morgan fingerprint density at radius 2 is 2.15 bits per heavy atom. The van der Waals surface area contributed by atoms with Crippen molar-refractivity contribution in [1.82, 2.24) is 9.97 Å². The number of H-pyrrole nitrogens is 1. The minimum Gasteiger partial charge on any atom is -0.376 e. The first-order valence-electron chi connectivity index (χ1n) is 6.39. The van der Waals surface area contributed by atoms with Gasteiger partial charge in [-0.2, -0.15) is 0 Å². The third kappa shape index (κ3) is 2.88. The van der Waals surface area contributed by atoms with Crippen molar-refractivity contribution in [3.63, 3.8) is 0 Å². The van der Waals surface area contributed by atoms with Crippen molar-refractivity contribution in [1.29, 1.82) is 0 Å². The quantitative estimate of drug-likeness (QED) is 0.739. The largest absolute Gasteiger partial charge is 0.376 e. The smallest absolute Gasteiger partial charge is 0.266 e. The molecule has 0 amide bonds. The van der Waals surface area contributed by atoms with Gasteiger partial charge in [-0.1, -0.05) is 0 Å². The molecule has 0 atom stereocenters. The third-order valence-corrected chi connectivity index (χ3v) is 3.16. The Balaban J connectivity index is 2.65. The van der Waals surface area contributed by atoms with Gasteiger partial charge in [0.1, 0.15) is 0 Å². The summed E-state index contributed by atoms with van der Waals surface area (Å²) >= 11 is 4.91. The second kappa shape index (κ2) is 5.87. The van der Waals surface area contributed by atoms with E-state index in [4.69, 9.17) is 18.0 Å². The molecular weight excluding hydrogens is 274 g/mol. The number of nitrogens with two attached hydrogens (primary N) is 1. The first-order valence-corrected chi connectivity index (χ1v) is 6.80. The Kier molecular flexibility index (Phi) is 4.19. The summed E-state index contributed by atoms with van der Waals surface area (Å²) in [5.41, 5.74) is 8.41. The van der Waals surface area contributed by atoms with Crippen molar-refractivity contribution < 1.29 is 0 Å². The van der Waals surface area contributed by atoms with Gasteiger partial charge in [-0.25, -0.2) is 4.98 Å². The highest BCUT2D eigenvalue weighted by Gasteiger charge is 2.12. The summed E-state index contributed by atoms with van der Waals surface area (Å²) in [6.45, 7) is 5.83. The van der Waals surface area contributed by atoms with Crippen LogP contribution >= 0.6 is 12.2 Å². The molecule has 0 aliphatic carbocycles. The number of hydrogen-bond acceptors (Lipinski definition) is 4. The standard InChI is InChI=1S/C13H17N5OS/c1-3-18(4-2)11-6-8-9(16-12(19)7-15-8)5-10(11)17-13(14)20/h5-7H,3-4H2,1-2H3,(H,16,19)(H3,14,17,20). The van der Waals surface area contributed by atoms with Crippen LogP contribution in [0.3, 0.4) is 0 Å². The molecule has 2 rings (SSSR count). The predicted molar refractivity (Wildman–Crippen MR) is 86.3 cm³/mol. The fourth-order valence-corrected chi connectivity index (χ4v) is 2.25. The number of benzene rings is 1. The van der Waals surface area contributed by atoms with Crippen LogP contribution < -0.4 is 21.5 Å². The van der Waals surface area contributed by atoms with Gasteiger partial charge in [-0.05, 0) is 38.2 Å². The minimum atomic E-state index is -0.241. The molecule has 6 nitrogen and oxygen atoms in total. The maximum atomic E-state index is 11.3. The first-order chi connectivity index (χ1) is 9.55. The van der Waals surface area contributed by atoms with Crippen LogP contribution in [-0.2, 0) is 0 Å². The van der Waals surface area contributed by atoms with Crippen LogP contribution in [0.2, 0.25) is 0 Å². The molecule has 1 aromatic heterocycles. The molecule has 0 aliphatic heterocycles. The van der Waals surface area contributed by atoms with Crippen molar-refractivity contribution in [3.8, 4) is 0 Å². The van der Waals surface area contributed by atoms with E-state index >= 15 is 0 Å². The molecule has 0 spiro atoms. The molecule has 1 heterocycles. The minimum absolute atomic E-state index is 0.184.